The Labute approximate surface area is 147 Å². The van der Waals surface area contributed by atoms with E-state index in [0.29, 0.717) is 11.5 Å². The Morgan fingerprint density at radius 3 is 2.32 bits per heavy atom. The van der Waals surface area contributed by atoms with Gasteiger partial charge in [0.2, 0.25) is 0 Å². The Bertz CT molecular complexity index is 847. The Balaban J connectivity index is 1.90. The molecular weight excluding hydrogens is 316 g/mol. The highest BCUT2D eigenvalue weighted by Crippen LogP contribution is 2.35. The van der Waals surface area contributed by atoms with E-state index >= 15 is 0 Å². The molecular formula is C20H22N2O3. The highest BCUT2D eigenvalue weighted by Gasteiger charge is 2.10. The molecule has 0 saturated carbocycles. The van der Waals surface area contributed by atoms with Gasteiger partial charge in [0.25, 0.3) is 0 Å². The maximum absolute atomic E-state index is 5.41. The van der Waals surface area contributed by atoms with Crippen molar-refractivity contribution in [3.8, 4) is 11.5 Å². The highest BCUT2D eigenvalue weighted by atomic mass is 16.5. The van der Waals surface area contributed by atoms with Crippen LogP contribution in [0.4, 0.5) is 11.5 Å². The Kier molecular flexibility index (Phi) is 5.36. The minimum absolute atomic E-state index is 0.681. The van der Waals surface area contributed by atoms with Crippen LogP contribution in [0.25, 0.3) is 10.8 Å². The summed E-state index contributed by atoms with van der Waals surface area (Å²) in [6.07, 6.45) is 2.68. The summed E-state index contributed by atoms with van der Waals surface area (Å²) in [7, 11) is 4.98. The average molecular weight is 338 g/mol. The van der Waals surface area contributed by atoms with E-state index in [4.69, 9.17) is 14.2 Å². The standard InChI is InChI=1S/C20H22N2O3/c1-23-11-9-14-4-6-16(7-5-14)22-20-17-13-19(25-3)18(24-2)12-15(17)8-10-21-20/h4-8,10,12-13H,9,11H2,1-3H3,(H,21,22). The van der Waals surface area contributed by atoms with Gasteiger partial charge in [0.05, 0.1) is 20.8 Å². The Hall–Kier alpha value is -2.79. The van der Waals surface area contributed by atoms with Gasteiger partial charge in [-0.1, -0.05) is 12.1 Å². The predicted molar refractivity (Wildman–Crippen MR) is 100 cm³/mol. The van der Waals surface area contributed by atoms with Gasteiger partial charge in [-0.05, 0) is 47.7 Å². The molecule has 0 aliphatic rings. The zero-order valence-electron chi connectivity index (χ0n) is 14.7. The summed E-state index contributed by atoms with van der Waals surface area (Å²) < 4.78 is 15.9. The Morgan fingerprint density at radius 2 is 1.64 bits per heavy atom. The van der Waals surface area contributed by atoms with Crippen molar-refractivity contribution < 1.29 is 14.2 Å². The first-order valence-electron chi connectivity index (χ1n) is 8.11. The molecule has 5 heteroatoms. The molecule has 5 nitrogen and oxygen atoms in total. The van der Waals surface area contributed by atoms with Crippen molar-refractivity contribution in [2.24, 2.45) is 0 Å². The Morgan fingerprint density at radius 1 is 0.920 bits per heavy atom. The normalized spacial score (nSPS) is 10.7. The average Bonchev–Trinajstić information content (AvgIpc) is 2.66. The molecule has 0 saturated heterocycles. The van der Waals surface area contributed by atoms with Gasteiger partial charge < -0.3 is 19.5 Å². The van der Waals surface area contributed by atoms with E-state index in [9.17, 15) is 0 Å². The van der Waals surface area contributed by atoms with E-state index in [0.717, 1.165) is 35.3 Å². The molecule has 3 aromatic rings. The third-order valence-electron chi connectivity index (χ3n) is 4.08. The zero-order chi connectivity index (χ0) is 17.6. The number of methoxy groups -OCH3 is 3. The van der Waals surface area contributed by atoms with E-state index in [1.54, 1.807) is 27.5 Å². The fraction of sp³-hybridized carbons (Fsp3) is 0.250. The number of rotatable bonds is 7. The van der Waals surface area contributed by atoms with Crippen molar-refractivity contribution >= 4 is 22.3 Å². The summed E-state index contributed by atoms with van der Waals surface area (Å²) in [5, 5.41) is 5.39. The number of aromatic nitrogens is 1. The van der Waals surface area contributed by atoms with E-state index < -0.39 is 0 Å². The number of nitrogens with one attached hydrogen (secondary N) is 1. The largest absolute Gasteiger partial charge is 0.493 e. The smallest absolute Gasteiger partial charge is 0.161 e. The van der Waals surface area contributed by atoms with Gasteiger partial charge in [-0.15, -0.1) is 0 Å². The molecule has 1 N–H and O–H groups in total. The number of benzene rings is 2. The lowest BCUT2D eigenvalue weighted by Crippen LogP contribution is -1.98. The zero-order valence-corrected chi connectivity index (χ0v) is 14.7. The molecule has 0 radical (unpaired) electrons. The lowest BCUT2D eigenvalue weighted by atomic mass is 10.1. The summed E-state index contributed by atoms with van der Waals surface area (Å²) >= 11 is 0. The quantitative estimate of drug-likeness (QED) is 0.700. The third-order valence-corrected chi connectivity index (χ3v) is 4.08. The van der Waals surface area contributed by atoms with Crippen LogP contribution in [0, 0.1) is 0 Å². The van der Waals surface area contributed by atoms with Crippen molar-refractivity contribution in [3.63, 3.8) is 0 Å². The van der Waals surface area contributed by atoms with Crippen LogP contribution in [-0.2, 0) is 11.2 Å². The molecule has 0 bridgehead atoms. The topological polar surface area (TPSA) is 52.6 Å². The highest BCUT2D eigenvalue weighted by molar-refractivity contribution is 5.95. The number of fused-ring (bicyclic) bond motifs is 1. The van der Waals surface area contributed by atoms with Crippen molar-refractivity contribution in [2.45, 2.75) is 6.42 Å². The summed E-state index contributed by atoms with van der Waals surface area (Å²) in [6.45, 7) is 0.722. The predicted octanol–water partition coefficient (Wildman–Crippen LogP) is 4.18. The van der Waals surface area contributed by atoms with E-state index in [-0.39, 0.29) is 0 Å². The minimum atomic E-state index is 0.681. The van der Waals surface area contributed by atoms with Crippen LogP contribution in [0.15, 0.2) is 48.7 Å². The number of nitrogens with zero attached hydrogens (tertiary/aromatic N) is 1. The first kappa shape index (κ1) is 17.0. The molecule has 0 spiro atoms. The molecule has 0 atom stereocenters. The van der Waals surface area contributed by atoms with Gasteiger partial charge in [0.1, 0.15) is 5.82 Å². The summed E-state index contributed by atoms with van der Waals surface area (Å²) in [4.78, 5) is 4.48. The second-order valence-electron chi connectivity index (χ2n) is 5.65. The number of hydrogen-bond donors (Lipinski definition) is 1. The van der Waals surface area contributed by atoms with E-state index in [1.807, 2.05) is 30.3 Å². The van der Waals surface area contributed by atoms with Crippen LogP contribution in [0.1, 0.15) is 5.56 Å². The summed E-state index contributed by atoms with van der Waals surface area (Å²) in [6, 6.07) is 14.1. The number of anilines is 2. The van der Waals surface area contributed by atoms with Crippen LogP contribution in [0.3, 0.4) is 0 Å². The fourth-order valence-electron chi connectivity index (χ4n) is 2.71. The minimum Gasteiger partial charge on any atom is -0.493 e. The van der Waals surface area contributed by atoms with Crippen LogP contribution >= 0.6 is 0 Å². The first-order chi connectivity index (χ1) is 12.2. The maximum atomic E-state index is 5.41. The van der Waals surface area contributed by atoms with Gasteiger partial charge in [0, 0.05) is 24.4 Å². The van der Waals surface area contributed by atoms with Crippen LogP contribution in [0.5, 0.6) is 11.5 Å². The fourth-order valence-corrected chi connectivity index (χ4v) is 2.71. The molecule has 1 aromatic heterocycles. The molecule has 0 aliphatic carbocycles. The van der Waals surface area contributed by atoms with Crippen LogP contribution < -0.4 is 14.8 Å². The van der Waals surface area contributed by atoms with Crippen molar-refractivity contribution in [3.05, 3.63) is 54.2 Å². The van der Waals surface area contributed by atoms with Crippen LogP contribution in [-0.4, -0.2) is 32.9 Å². The number of hydrogen-bond acceptors (Lipinski definition) is 5. The van der Waals surface area contributed by atoms with Gasteiger partial charge in [-0.2, -0.15) is 0 Å². The molecule has 0 unspecified atom stereocenters. The second kappa shape index (κ2) is 7.85. The molecule has 2 aromatic carbocycles. The molecule has 0 amide bonds. The second-order valence-corrected chi connectivity index (χ2v) is 5.65. The number of ether oxygens (including phenoxy) is 3. The SMILES string of the molecule is COCCc1ccc(Nc2nccc3cc(OC)c(OC)cc23)cc1. The molecule has 0 aliphatic heterocycles. The van der Waals surface area contributed by atoms with Gasteiger partial charge in [-0.3, -0.25) is 0 Å². The van der Waals surface area contributed by atoms with Gasteiger partial charge in [0.15, 0.2) is 11.5 Å². The summed E-state index contributed by atoms with van der Waals surface area (Å²) in [5.74, 6) is 2.17. The molecule has 1 heterocycles. The van der Waals surface area contributed by atoms with Gasteiger partial charge in [-0.25, -0.2) is 4.98 Å². The van der Waals surface area contributed by atoms with E-state index in [2.05, 4.69) is 22.4 Å². The van der Waals surface area contributed by atoms with Crippen molar-refractivity contribution in [1.29, 1.82) is 0 Å². The lowest BCUT2D eigenvalue weighted by molar-refractivity contribution is 0.202. The molecule has 3 rings (SSSR count). The number of pyridine rings is 1. The van der Waals surface area contributed by atoms with Crippen molar-refractivity contribution in [2.75, 3.05) is 33.3 Å². The monoisotopic (exact) mass is 338 g/mol. The first-order valence-corrected chi connectivity index (χ1v) is 8.11. The van der Waals surface area contributed by atoms with Crippen molar-refractivity contribution in [1.82, 2.24) is 4.98 Å². The molecule has 25 heavy (non-hydrogen) atoms. The maximum Gasteiger partial charge on any atom is 0.161 e. The lowest BCUT2D eigenvalue weighted by Gasteiger charge is -2.13. The van der Waals surface area contributed by atoms with Crippen LogP contribution in [0.2, 0.25) is 0 Å². The van der Waals surface area contributed by atoms with E-state index in [1.165, 1.54) is 5.56 Å². The molecule has 130 valence electrons. The third kappa shape index (κ3) is 3.83. The summed E-state index contributed by atoms with van der Waals surface area (Å²) in [5.41, 5.74) is 2.22. The molecule has 0 fully saturated rings. The van der Waals surface area contributed by atoms with Gasteiger partial charge >= 0.3 is 0 Å².